The van der Waals surface area contributed by atoms with Crippen LogP contribution in [0.4, 0.5) is 8.78 Å². The summed E-state index contributed by atoms with van der Waals surface area (Å²) in [6.07, 6.45) is 1.55. The first-order valence-electron chi connectivity index (χ1n) is 7.18. The van der Waals surface area contributed by atoms with Gasteiger partial charge in [-0.3, -0.25) is 5.10 Å². The van der Waals surface area contributed by atoms with Crippen LogP contribution in [-0.2, 0) is 0 Å². The number of nitrogens with zero attached hydrogens (tertiary/aromatic N) is 2. The van der Waals surface area contributed by atoms with Crippen molar-refractivity contribution in [2.45, 2.75) is 0 Å². The van der Waals surface area contributed by atoms with E-state index < -0.39 is 5.82 Å². The summed E-state index contributed by atoms with van der Waals surface area (Å²) in [5.74, 6) is 0.111. The smallest absolute Gasteiger partial charge is 0.142 e. The fourth-order valence-corrected chi connectivity index (χ4v) is 2.61. The summed E-state index contributed by atoms with van der Waals surface area (Å²) in [6.45, 7) is 0. The Balaban J connectivity index is 1.84. The summed E-state index contributed by atoms with van der Waals surface area (Å²) in [5, 5.41) is 6.78. The van der Waals surface area contributed by atoms with E-state index >= 15 is 0 Å². The number of aromatic nitrogens is 4. The lowest BCUT2D eigenvalue weighted by atomic mass is 10.1. The maximum atomic E-state index is 14.3. The van der Waals surface area contributed by atoms with Crippen LogP contribution in [0.2, 0.25) is 0 Å². The standard InChI is InChI=1S/C17H12F2N4O/c1-24-10-3-4-11(13(19)7-10)16-12(8-20-23-16)17-21-14-5-2-9(18)6-15(14)22-17/h2-8H,1H3,(H,20,23)(H,21,22). The maximum Gasteiger partial charge on any atom is 0.142 e. The Labute approximate surface area is 135 Å². The molecule has 0 bridgehead atoms. The predicted molar refractivity (Wildman–Crippen MR) is 85.6 cm³/mol. The lowest BCUT2D eigenvalue weighted by molar-refractivity contribution is 0.411. The van der Waals surface area contributed by atoms with Gasteiger partial charge < -0.3 is 9.72 Å². The summed E-state index contributed by atoms with van der Waals surface area (Å²) in [7, 11) is 1.48. The van der Waals surface area contributed by atoms with Crippen LogP contribution in [0.15, 0.2) is 42.6 Å². The van der Waals surface area contributed by atoms with Gasteiger partial charge in [-0.2, -0.15) is 5.10 Å². The van der Waals surface area contributed by atoms with Crippen molar-refractivity contribution in [2.75, 3.05) is 7.11 Å². The summed E-state index contributed by atoms with van der Waals surface area (Å²) >= 11 is 0. The van der Waals surface area contributed by atoms with Crippen molar-refractivity contribution >= 4 is 11.0 Å². The second-order valence-electron chi connectivity index (χ2n) is 5.25. The van der Waals surface area contributed by atoms with Crippen LogP contribution in [0.1, 0.15) is 0 Å². The molecule has 2 aromatic heterocycles. The van der Waals surface area contributed by atoms with E-state index in [4.69, 9.17) is 4.74 Å². The topological polar surface area (TPSA) is 66.6 Å². The average molecular weight is 326 g/mol. The second kappa shape index (κ2) is 5.45. The van der Waals surface area contributed by atoms with E-state index in [2.05, 4.69) is 20.2 Å². The van der Waals surface area contributed by atoms with Gasteiger partial charge in [0.2, 0.25) is 0 Å². The first-order chi connectivity index (χ1) is 11.7. The van der Waals surface area contributed by atoms with Gasteiger partial charge in [-0.1, -0.05) is 0 Å². The molecule has 0 saturated heterocycles. The number of imidazole rings is 1. The molecule has 5 nitrogen and oxygen atoms in total. The molecule has 0 aliphatic rings. The third kappa shape index (κ3) is 2.30. The molecule has 0 fully saturated rings. The van der Waals surface area contributed by atoms with Crippen LogP contribution in [0, 0.1) is 11.6 Å². The van der Waals surface area contributed by atoms with Gasteiger partial charge in [0.15, 0.2) is 0 Å². The number of hydrogen-bond acceptors (Lipinski definition) is 3. The van der Waals surface area contributed by atoms with E-state index in [1.54, 1.807) is 24.4 Å². The highest BCUT2D eigenvalue weighted by Crippen LogP contribution is 2.32. The Bertz CT molecular complexity index is 1040. The third-order valence-corrected chi connectivity index (χ3v) is 3.78. The fourth-order valence-electron chi connectivity index (χ4n) is 2.61. The number of rotatable bonds is 3. The molecule has 7 heteroatoms. The number of benzene rings is 2. The summed E-state index contributed by atoms with van der Waals surface area (Å²) in [4.78, 5) is 7.45. The van der Waals surface area contributed by atoms with Gasteiger partial charge in [-0.05, 0) is 30.3 Å². The molecule has 24 heavy (non-hydrogen) atoms. The van der Waals surface area contributed by atoms with E-state index in [1.807, 2.05) is 0 Å². The molecule has 2 N–H and O–H groups in total. The molecule has 4 rings (SSSR count). The fraction of sp³-hybridized carbons (Fsp3) is 0.0588. The summed E-state index contributed by atoms with van der Waals surface area (Å²) < 4.78 is 32.7. The molecule has 2 aromatic carbocycles. The molecule has 0 unspecified atom stereocenters. The highest BCUT2D eigenvalue weighted by atomic mass is 19.1. The average Bonchev–Trinajstić information content (AvgIpc) is 3.20. The van der Waals surface area contributed by atoms with E-state index in [0.29, 0.717) is 39.4 Å². The molecule has 0 saturated carbocycles. The minimum absolute atomic E-state index is 0.343. The lowest BCUT2D eigenvalue weighted by Gasteiger charge is -2.05. The van der Waals surface area contributed by atoms with Crippen LogP contribution >= 0.6 is 0 Å². The molecular weight excluding hydrogens is 314 g/mol. The molecule has 4 aromatic rings. The van der Waals surface area contributed by atoms with Crippen LogP contribution in [0.5, 0.6) is 5.75 Å². The van der Waals surface area contributed by atoms with Gasteiger partial charge in [0.05, 0.1) is 35.6 Å². The van der Waals surface area contributed by atoms with E-state index in [-0.39, 0.29) is 5.82 Å². The number of aromatic amines is 2. The van der Waals surface area contributed by atoms with Crippen molar-refractivity contribution in [3.05, 3.63) is 54.2 Å². The molecule has 120 valence electrons. The zero-order valence-electron chi connectivity index (χ0n) is 12.6. The van der Waals surface area contributed by atoms with Gasteiger partial charge >= 0.3 is 0 Å². The molecular formula is C17H12F2N4O. The first-order valence-corrected chi connectivity index (χ1v) is 7.18. The molecule has 0 aliphatic carbocycles. The number of ether oxygens (including phenoxy) is 1. The minimum atomic E-state index is -0.443. The van der Waals surface area contributed by atoms with Crippen LogP contribution < -0.4 is 4.74 Å². The van der Waals surface area contributed by atoms with E-state index in [0.717, 1.165) is 0 Å². The second-order valence-corrected chi connectivity index (χ2v) is 5.25. The Hall–Kier alpha value is -3.22. The lowest BCUT2D eigenvalue weighted by Crippen LogP contribution is -1.90. The maximum absolute atomic E-state index is 14.3. The summed E-state index contributed by atoms with van der Waals surface area (Å²) in [6, 6.07) is 8.85. The molecule has 0 atom stereocenters. The number of fused-ring (bicyclic) bond motifs is 1. The quantitative estimate of drug-likeness (QED) is 0.600. The number of halogens is 2. The Kier molecular flexibility index (Phi) is 3.26. The van der Waals surface area contributed by atoms with Crippen molar-refractivity contribution in [3.63, 3.8) is 0 Å². The minimum Gasteiger partial charge on any atom is -0.497 e. The van der Waals surface area contributed by atoms with Crippen molar-refractivity contribution in [1.82, 2.24) is 20.2 Å². The van der Waals surface area contributed by atoms with Crippen molar-refractivity contribution in [1.29, 1.82) is 0 Å². The van der Waals surface area contributed by atoms with Crippen LogP contribution in [-0.4, -0.2) is 27.3 Å². The van der Waals surface area contributed by atoms with Crippen LogP contribution in [0.3, 0.4) is 0 Å². The molecule has 2 heterocycles. The van der Waals surface area contributed by atoms with Crippen molar-refractivity contribution in [3.8, 4) is 28.4 Å². The number of methoxy groups -OCH3 is 1. The van der Waals surface area contributed by atoms with Gasteiger partial charge in [0, 0.05) is 11.6 Å². The first kappa shape index (κ1) is 14.4. The Morgan fingerprint density at radius 2 is 1.92 bits per heavy atom. The van der Waals surface area contributed by atoms with E-state index in [1.165, 1.54) is 25.3 Å². The van der Waals surface area contributed by atoms with Gasteiger partial charge in [0.25, 0.3) is 0 Å². The number of H-pyrrole nitrogens is 2. The highest BCUT2D eigenvalue weighted by molar-refractivity contribution is 5.84. The zero-order chi connectivity index (χ0) is 16.7. The normalized spacial score (nSPS) is 11.1. The van der Waals surface area contributed by atoms with Gasteiger partial charge in [0.1, 0.15) is 23.2 Å². The monoisotopic (exact) mass is 326 g/mol. The predicted octanol–water partition coefficient (Wildman–Crippen LogP) is 3.91. The Morgan fingerprint density at radius 1 is 1.04 bits per heavy atom. The van der Waals surface area contributed by atoms with Gasteiger partial charge in [-0.15, -0.1) is 0 Å². The van der Waals surface area contributed by atoms with Gasteiger partial charge in [-0.25, -0.2) is 13.8 Å². The van der Waals surface area contributed by atoms with E-state index in [9.17, 15) is 8.78 Å². The Morgan fingerprint density at radius 3 is 2.71 bits per heavy atom. The molecule has 0 aliphatic heterocycles. The SMILES string of the molecule is COc1ccc(-c2[nH]ncc2-c2nc3ccc(F)cc3[nH]2)c(F)c1. The van der Waals surface area contributed by atoms with Crippen molar-refractivity contribution in [2.24, 2.45) is 0 Å². The number of nitrogens with one attached hydrogen (secondary N) is 2. The summed E-state index contributed by atoms with van der Waals surface area (Å²) in [5.41, 5.74) is 2.60. The molecule has 0 radical (unpaired) electrons. The zero-order valence-corrected chi connectivity index (χ0v) is 12.6. The molecule has 0 spiro atoms. The largest absolute Gasteiger partial charge is 0.497 e. The highest BCUT2D eigenvalue weighted by Gasteiger charge is 2.17. The van der Waals surface area contributed by atoms with Crippen LogP contribution in [0.25, 0.3) is 33.7 Å². The molecule has 0 amide bonds. The van der Waals surface area contributed by atoms with Crippen molar-refractivity contribution < 1.29 is 13.5 Å². The third-order valence-electron chi connectivity index (χ3n) is 3.78. The number of hydrogen-bond donors (Lipinski definition) is 2.